The van der Waals surface area contributed by atoms with Crippen LogP contribution in [0.3, 0.4) is 0 Å². The Morgan fingerprint density at radius 2 is 1.12 bits per heavy atom. The summed E-state index contributed by atoms with van der Waals surface area (Å²) in [5, 5.41) is 9.15. The Morgan fingerprint density at radius 1 is 0.635 bits per heavy atom. The standard InChI is InChI=1S/C24H25NO2.C22H21NO2/c1-2-27-24(26)21-9-11-23-20(16-21)8-10-22(23)19-12-14-25(15-13-19)17-18-6-4-3-5-7-18;24-22(25)19-7-9-21-18(14-19)6-8-20(21)17-10-12-23(13-11-17)15-16-4-2-1-3-5-16/h3-7,9-12,16H,2,8,13-15,17H2,1H3;1-5,7-10,14H,6,11-13,15H2,(H,24,25). The third-order valence-corrected chi connectivity index (χ3v) is 10.4. The van der Waals surface area contributed by atoms with Crippen molar-refractivity contribution in [3.63, 3.8) is 0 Å². The maximum absolute atomic E-state index is 12.0. The van der Waals surface area contributed by atoms with Crippen LogP contribution < -0.4 is 0 Å². The predicted octanol–water partition coefficient (Wildman–Crippen LogP) is 8.79. The molecule has 0 spiro atoms. The molecule has 264 valence electrons. The van der Waals surface area contributed by atoms with Gasteiger partial charge in [-0.2, -0.15) is 0 Å². The first-order chi connectivity index (χ1) is 25.4. The summed E-state index contributed by atoms with van der Waals surface area (Å²) in [7, 11) is 0. The van der Waals surface area contributed by atoms with E-state index in [1.54, 1.807) is 6.07 Å². The van der Waals surface area contributed by atoms with Crippen LogP contribution in [0.4, 0.5) is 0 Å². The fourth-order valence-electron chi connectivity index (χ4n) is 7.66. The van der Waals surface area contributed by atoms with Gasteiger partial charge in [-0.1, -0.05) is 97.1 Å². The molecule has 0 bridgehead atoms. The van der Waals surface area contributed by atoms with Crippen molar-refractivity contribution >= 4 is 23.1 Å². The van der Waals surface area contributed by atoms with Crippen molar-refractivity contribution in [1.82, 2.24) is 9.80 Å². The van der Waals surface area contributed by atoms with Crippen LogP contribution in [0, 0.1) is 0 Å². The van der Waals surface area contributed by atoms with Crippen LogP contribution in [0.1, 0.15) is 73.9 Å². The van der Waals surface area contributed by atoms with Gasteiger partial charge >= 0.3 is 11.9 Å². The van der Waals surface area contributed by atoms with Gasteiger partial charge in [0.05, 0.1) is 17.7 Å². The summed E-state index contributed by atoms with van der Waals surface area (Å²) in [5.74, 6) is -1.09. The summed E-state index contributed by atoms with van der Waals surface area (Å²) < 4.78 is 5.12. The minimum Gasteiger partial charge on any atom is -0.478 e. The Labute approximate surface area is 307 Å². The first-order valence-corrected chi connectivity index (χ1v) is 18.4. The zero-order valence-electron chi connectivity index (χ0n) is 29.9. The smallest absolute Gasteiger partial charge is 0.338 e. The highest BCUT2D eigenvalue weighted by atomic mass is 16.5. The summed E-state index contributed by atoms with van der Waals surface area (Å²) in [5.41, 5.74) is 14.0. The van der Waals surface area contributed by atoms with E-state index in [1.165, 1.54) is 50.1 Å². The molecule has 0 fully saturated rings. The lowest BCUT2D eigenvalue weighted by Gasteiger charge is -2.27. The van der Waals surface area contributed by atoms with Gasteiger partial charge in [0.1, 0.15) is 0 Å². The molecule has 0 saturated carbocycles. The van der Waals surface area contributed by atoms with Crippen LogP contribution in [-0.4, -0.2) is 59.6 Å². The Balaban J connectivity index is 0.000000162. The Hall–Kier alpha value is -5.30. The SMILES string of the molecule is CCOC(=O)c1ccc2c(c1)CC=C2C1=CCN(Cc2ccccc2)CC1.O=C(O)c1ccc2c(c1)CC=C2C1=CCN(Cc2ccccc2)CC1. The van der Waals surface area contributed by atoms with Crippen LogP contribution in [0.2, 0.25) is 0 Å². The average molecular weight is 691 g/mol. The van der Waals surface area contributed by atoms with Crippen LogP contribution in [-0.2, 0) is 30.7 Å². The molecule has 6 heteroatoms. The molecule has 4 aromatic carbocycles. The molecule has 0 aromatic heterocycles. The number of aromatic carboxylic acids is 1. The molecule has 0 unspecified atom stereocenters. The zero-order chi connectivity index (χ0) is 35.9. The Kier molecular flexibility index (Phi) is 11.1. The number of hydrogen-bond donors (Lipinski definition) is 1. The normalized spacial score (nSPS) is 16.7. The molecule has 2 aliphatic heterocycles. The Morgan fingerprint density at radius 3 is 1.56 bits per heavy atom. The number of hydrogen-bond acceptors (Lipinski definition) is 5. The van der Waals surface area contributed by atoms with Gasteiger partial charge in [-0.15, -0.1) is 0 Å². The molecule has 4 aromatic rings. The molecular weight excluding hydrogens is 645 g/mol. The first kappa shape index (κ1) is 35.1. The predicted molar refractivity (Wildman–Crippen MR) is 208 cm³/mol. The number of carbonyl (C=O) groups is 2. The molecule has 8 rings (SSSR count). The van der Waals surface area contributed by atoms with E-state index in [9.17, 15) is 9.59 Å². The highest BCUT2D eigenvalue weighted by Gasteiger charge is 2.23. The molecule has 0 radical (unpaired) electrons. The van der Waals surface area contributed by atoms with Crippen molar-refractivity contribution in [2.75, 3.05) is 32.8 Å². The number of benzene rings is 4. The second kappa shape index (κ2) is 16.4. The number of fused-ring (bicyclic) bond motifs is 2. The quantitative estimate of drug-likeness (QED) is 0.177. The third-order valence-electron chi connectivity index (χ3n) is 10.4. The van der Waals surface area contributed by atoms with Crippen molar-refractivity contribution in [3.05, 3.63) is 177 Å². The second-order valence-corrected chi connectivity index (χ2v) is 13.8. The van der Waals surface area contributed by atoms with Crippen LogP contribution >= 0.6 is 0 Å². The summed E-state index contributed by atoms with van der Waals surface area (Å²) in [4.78, 5) is 28.0. The van der Waals surface area contributed by atoms with Crippen molar-refractivity contribution in [3.8, 4) is 0 Å². The van der Waals surface area contributed by atoms with E-state index in [0.29, 0.717) is 17.7 Å². The van der Waals surface area contributed by atoms with Gasteiger partial charge in [-0.25, -0.2) is 9.59 Å². The molecule has 2 aliphatic carbocycles. The van der Waals surface area contributed by atoms with E-state index in [-0.39, 0.29) is 5.97 Å². The van der Waals surface area contributed by atoms with E-state index >= 15 is 0 Å². The van der Waals surface area contributed by atoms with Gasteiger partial charge in [0.15, 0.2) is 0 Å². The van der Waals surface area contributed by atoms with E-state index in [0.717, 1.165) is 70.5 Å². The van der Waals surface area contributed by atoms with Gasteiger partial charge in [-0.05, 0) is 113 Å². The number of carboxylic acid groups (broad SMARTS) is 1. The van der Waals surface area contributed by atoms with Crippen LogP contribution in [0.5, 0.6) is 0 Å². The molecule has 1 N–H and O–H groups in total. The summed E-state index contributed by atoms with van der Waals surface area (Å²) in [6.07, 6.45) is 13.1. The summed E-state index contributed by atoms with van der Waals surface area (Å²) in [6, 6.07) is 32.7. The van der Waals surface area contributed by atoms with Crippen LogP contribution in [0.25, 0.3) is 11.1 Å². The zero-order valence-corrected chi connectivity index (χ0v) is 29.9. The average Bonchev–Trinajstić information content (AvgIpc) is 3.81. The largest absolute Gasteiger partial charge is 0.478 e. The van der Waals surface area contributed by atoms with Gasteiger partial charge in [0.25, 0.3) is 0 Å². The van der Waals surface area contributed by atoms with E-state index < -0.39 is 5.97 Å². The second-order valence-electron chi connectivity index (χ2n) is 13.8. The summed E-state index contributed by atoms with van der Waals surface area (Å²) in [6.45, 7) is 8.32. The maximum Gasteiger partial charge on any atom is 0.338 e. The molecule has 2 heterocycles. The molecular formula is C46H46N2O4. The number of nitrogens with zero attached hydrogens (tertiary/aromatic N) is 2. The van der Waals surface area contributed by atoms with Crippen molar-refractivity contribution in [2.45, 2.75) is 45.7 Å². The van der Waals surface area contributed by atoms with Gasteiger partial charge in [-0.3, -0.25) is 9.80 Å². The number of allylic oxidation sites excluding steroid dienone is 4. The van der Waals surface area contributed by atoms with Crippen molar-refractivity contribution in [1.29, 1.82) is 0 Å². The lowest BCUT2D eigenvalue weighted by molar-refractivity contribution is 0.0525. The highest BCUT2D eigenvalue weighted by molar-refractivity contribution is 5.93. The minimum atomic E-state index is -0.857. The van der Waals surface area contributed by atoms with E-state index in [2.05, 4.69) is 101 Å². The maximum atomic E-state index is 12.0. The lowest BCUT2D eigenvalue weighted by Crippen LogP contribution is -2.28. The molecule has 4 aliphatic rings. The molecule has 52 heavy (non-hydrogen) atoms. The van der Waals surface area contributed by atoms with Gasteiger partial charge in [0, 0.05) is 39.3 Å². The van der Waals surface area contributed by atoms with Gasteiger partial charge in [0.2, 0.25) is 0 Å². The molecule has 0 atom stereocenters. The van der Waals surface area contributed by atoms with Gasteiger partial charge < -0.3 is 9.84 Å². The molecule has 0 saturated heterocycles. The molecule has 0 amide bonds. The number of rotatable bonds is 9. The fraction of sp³-hybridized carbons (Fsp3) is 0.261. The number of esters is 1. The summed E-state index contributed by atoms with van der Waals surface area (Å²) >= 11 is 0. The topological polar surface area (TPSA) is 70.1 Å². The Bertz CT molecular complexity index is 2060. The number of carboxylic acids is 1. The van der Waals surface area contributed by atoms with E-state index in [4.69, 9.17) is 9.84 Å². The first-order valence-electron chi connectivity index (χ1n) is 18.4. The number of ether oxygens (including phenoxy) is 1. The third kappa shape index (κ3) is 8.25. The van der Waals surface area contributed by atoms with Crippen molar-refractivity contribution < 1.29 is 19.4 Å². The van der Waals surface area contributed by atoms with Crippen LogP contribution in [0.15, 0.2) is 133 Å². The minimum absolute atomic E-state index is 0.234. The highest BCUT2D eigenvalue weighted by Crippen LogP contribution is 2.37. The molecule has 6 nitrogen and oxygen atoms in total. The van der Waals surface area contributed by atoms with E-state index in [1.807, 2.05) is 31.2 Å². The number of carbonyl (C=O) groups excluding carboxylic acids is 1. The lowest BCUT2D eigenvalue weighted by atomic mass is 9.93. The monoisotopic (exact) mass is 690 g/mol. The fourth-order valence-corrected chi connectivity index (χ4v) is 7.66. The van der Waals surface area contributed by atoms with Crippen molar-refractivity contribution in [2.24, 2.45) is 0 Å².